The molecule has 3 aromatic carbocycles. The van der Waals surface area contributed by atoms with Gasteiger partial charge in [-0.05, 0) is 54.6 Å². The zero-order valence-corrected chi connectivity index (χ0v) is 15.9. The van der Waals surface area contributed by atoms with Gasteiger partial charge in [0.25, 0.3) is 15.9 Å². The van der Waals surface area contributed by atoms with E-state index in [1.165, 1.54) is 36.4 Å². The van der Waals surface area contributed by atoms with Crippen molar-refractivity contribution in [3.8, 4) is 0 Å². The highest BCUT2D eigenvalue weighted by atomic mass is 32.2. The molecule has 0 aliphatic carbocycles. The Kier molecular flexibility index (Phi) is 5.79. The number of sulfonamides is 1. The summed E-state index contributed by atoms with van der Waals surface area (Å²) in [6, 6.07) is 13.9. The van der Waals surface area contributed by atoms with Crippen LogP contribution in [-0.2, 0) is 16.2 Å². The first-order chi connectivity index (χ1) is 14.1. The van der Waals surface area contributed by atoms with Crippen molar-refractivity contribution in [2.24, 2.45) is 0 Å². The molecule has 0 heterocycles. The zero-order valence-electron chi connectivity index (χ0n) is 15.1. The smallest absolute Gasteiger partial charge is 0.322 e. The number of carbonyl (C=O) groups excluding carboxylic acids is 1. The van der Waals surface area contributed by atoms with Crippen molar-refractivity contribution < 1.29 is 30.8 Å². The Morgan fingerprint density at radius 3 is 2.17 bits per heavy atom. The fourth-order valence-electron chi connectivity index (χ4n) is 2.50. The zero-order chi connectivity index (χ0) is 21.9. The number of alkyl halides is 3. The second-order valence-corrected chi connectivity index (χ2v) is 7.82. The van der Waals surface area contributed by atoms with Gasteiger partial charge < -0.3 is 5.32 Å². The van der Waals surface area contributed by atoms with Crippen molar-refractivity contribution in [3.63, 3.8) is 0 Å². The largest absolute Gasteiger partial charge is 0.416 e. The molecule has 0 fully saturated rings. The molecule has 0 saturated carbocycles. The van der Waals surface area contributed by atoms with Gasteiger partial charge in [-0.25, -0.2) is 12.8 Å². The van der Waals surface area contributed by atoms with E-state index in [9.17, 15) is 30.8 Å². The quantitative estimate of drug-likeness (QED) is 0.557. The van der Waals surface area contributed by atoms with Crippen molar-refractivity contribution in [1.29, 1.82) is 0 Å². The molecule has 0 atom stereocenters. The fourth-order valence-corrected chi connectivity index (χ4v) is 3.61. The maximum absolute atomic E-state index is 13.7. The fraction of sp³-hybridized carbons (Fsp3) is 0.0500. The normalized spacial score (nSPS) is 11.7. The Morgan fingerprint density at radius 1 is 0.867 bits per heavy atom. The Hall–Kier alpha value is -3.40. The minimum absolute atomic E-state index is 0.0497. The summed E-state index contributed by atoms with van der Waals surface area (Å²) in [5.74, 6) is -1.49. The number of rotatable bonds is 5. The molecule has 0 aliphatic heterocycles. The highest BCUT2D eigenvalue weighted by Crippen LogP contribution is 2.30. The Bertz CT molecular complexity index is 1180. The topological polar surface area (TPSA) is 75.3 Å². The third kappa shape index (κ3) is 4.95. The van der Waals surface area contributed by atoms with Crippen LogP contribution in [-0.4, -0.2) is 14.3 Å². The molecular weight excluding hydrogens is 424 g/mol. The first kappa shape index (κ1) is 21.3. The number of halogens is 4. The minimum Gasteiger partial charge on any atom is -0.322 e. The van der Waals surface area contributed by atoms with Gasteiger partial charge in [-0.2, -0.15) is 13.2 Å². The van der Waals surface area contributed by atoms with Gasteiger partial charge in [0, 0.05) is 11.3 Å². The van der Waals surface area contributed by atoms with Gasteiger partial charge in [-0.15, -0.1) is 0 Å². The SMILES string of the molecule is O=C(Nc1ccc(C(F)(F)F)cc1)c1cccc(S(=O)(=O)Nc2ccccc2F)c1. The predicted molar refractivity (Wildman–Crippen MR) is 103 cm³/mol. The van der Waals surface area contributed by atoms with Gasteiger partial charge >= 0.3 is 6.18 Å². The summed E-state index contributed by atoms with van der Waals surface area (Å²) in [7, 11) is -4.18. The first-order valence-electron chi connectivity index (χ1n) is 8.42. The number of para-hydroxylation sites is 1. The third-order valence-corrected chi connectivity index (χ3v) is 5.36. The molecule has 0 aromatic heterocycles. The van der Waals surface area contributed by atoms with Crippen LogP contribution in [0, 0.1) is 5.82 Å². The van der Waals surface area contributed by atoms with Gasteiger partial charge in [-0.3, -0.25) is 9.52 Å². The van der Waals surface area contributed by atoms with E-state index in [4.69, 9.17) is 0 Å². The second kappa shape index (κ2) is 8.15. The lowest BCUT2D eigenvalue weighted by Crippen LogP contribution is -2.16. The van der Waals surface area contributed by atoms with Crippen LogP contribution < -0.4 is 10.0 Å². The van der Waals surface area contributed by atoms with Crippen molar-refractivity contribution in [1.82, 2.24) is 0 Å². The number of hydrogen-bond acceptors (Lipinski definition) is 3. The van der Waals surface area contributed by atoms with Gasteiger partial charge in [0.05, 0.1) is 16.1 Å². The van der Waals surface area contributed by atoms with E-state index < -0.39 is 33.5 Å². The Balaban J connectivity index is 1.79. The van der Waals surface area contributed by atoms with Crippen LogP contribution in [0.4, 0.5) is 28.9 Å². The van der Waals surface area contributed by atoms with Gasteiger partial charge in [0.1, 0.15) is 5.82 Å². The van der Waals surface area contributed by atoms with Crippen LogP contribution >= 0.6 is 0 Å². The van der Waals surface area contributed by atoms with E-state index in [-0.39, 0.29) is 21.8 Å². The number of nitrogens with one attached hydrogen (secondary N) is 2. The van der Waals surface area contributed by atoms with Crippen molar-refractivity contribution in [2.45, 2.75) is 11.1 Å². The van der Waals surface area contributed by atoms with Gasteiger partial charge in [0.15, 0.2) is 0 Å². The summed E-state index contributed by atoms with van der Waals surface area (Å²) in [6.45, 7) is 0. The summed E-state index contributed by atoms with van der Waals surface area (Å²) in [5, 5.41) is 2.39. The van der Waals surface area contributed by atoms with Crippen LogP contribution in [0.15, 0.2) is 77.7 Å². The minimum atomic E-state index is -4.50. The average Bonchev–Trinajstić information content (AvgIpc) is 2.69. The van der Waals surface area contributed by atoms with Crippen molar-refractivity contribution in [3.05, 3.63) is 89.7 Å². The summed E-state index contributed by atoms with van der Waals surface area (Å²) in [6.07, 6.45) is -4.50. The number of amides is 1. The van der Waals surface area contributed by atoms with Crippen LogP contribution in [0.1, 0.15) is 15.9 Å². The van der Waals surface area contributed by atoms with Crippen LogP contribution in [0.25, 0.3) is 0 Å². The molecule has 156 valence electrons. The summed E-state index contributed by atoms with van der Waals surface area (Å²) in [4.78, 5) is 12.1. The Labute approximate surface area is 169 Å². The summed E-state index contributed by atoms with van der Waals surface area (Å²) >= 11 is 0. The third-order valence-electron chi connectivity index (χ3n) is 3.99. The number of anilines is 2. The van der Waals surface area contributed by atoms with E-state index in [0.717, 1.165) is 36.4 Å². The predicted octanol–water partition coefficient (Wildman–Crippen LogP) is 4.90. The molecule has 0 radical (unpaired) electrons. The molecule has 0 bridgehead atoms. The standard InChI is InChI=1S/C20H14F4N2O3S/c21-17-6-1-2-7-18(17)26-30(28,29)16-5-3-4-13(12-16)19(27)25-15-10-8-14(9-11-15)20(22,23)24/h1-12,26H,(H,25,27). The maximum atomic E-state index is 13.7. The molecule has 0 spiro atoms. The van der Waals surface area contributed by atoms with Gasteiger partial charge in [0.2, 0.25) is 0 Å². The molecule has 10 heteroatoms. The number of carbonyl (C=O) groups is 1. The highest BCUT2D eigenvalue weighted by Gasteiger charge is 2.30. The lowest BCUT2D eigenvalue weighted by Gasteiger charge is -2.11. The van der Waals surface area contributed by atoms with Crippen molar-refractivity contribution in [2.75, 3.05) is 10.0 Å². The van der Waals surface area contributed by atoms with E-state index in [2.05, 4.69) is 10.0 Å². The average molecular weight is 438 g/mol. The monoisotopic (exact) mass is 438 g/mol. The Morgan fingerprint density at radius 2 is 1.53 bits per heavy atom. The van der Waals surface area contributed by atoms with Crippen LogP contribution in [0.2, 0.25) is 0 Å². The molecular formula is C20H14F4N2O3S. The van der Waals surface area contributed by atoms with E-state index in [1.807, 2.05) is 0 Å². The summed E-state index contributed by atoms with van der Waals surface area (Å²) < 4.78 is 78.7. The summed E-state index contributed by atoms with van der Waals surface area (Å²) in [5.41, 5.74) is -1.07. The maximum Gasteiger partial charge on any atom is 0.416 e. The molecule has 1 amide bonds. The molecule has 30 heavy (non-hydrogen) atoms. The van der Waals surface area contributed by atoms with Crippen LogP contribution in [0.5, 0.6) is 0 Å². The van der Waals surface area contributed by atoms with Crippen molar-refractivity contribution >= 4 is 27.3 Å². The van der Waals surface area contributed by atoms with E-state index in [0.29, 0.717) is 0 Å². The highest BCUT2D eigenvalue weighted by molar-refractivity contribution is 7.92. The lowest BCUT2D eigenvalue weighted by atomic mass is 10.2. The van der Waals surface area contributed by atoms with E-state index in [1.54, 1.807) is 0 Å². The molecule has 5 nitrogen and oxygen atoms in total. The van der Waals surface area contributed by atoms with Gasteiger partial charge in [-0.1, -0.05) is 18.2 Å². The molecule has 0 unspecified atom stereocenters. The molecule has 0 saturated heterocycles. The first-order valence-corrected chi connectivity index (χ1v) is 9.90. The number of benzene rings is 3. The number of hydrogen-bond donors (Lipinski definition) is 2. The van der Waals surface area contributed by atoms with E-state index >= 15 is 0 Å². The van der Waals surface area contributed by atoms with Crippen LogP contribution in [0.3, 0.4) is 0 Å². The molecule has 2 N–H and O–H groups in total. The second-order valence-electron chi connectivity index (χ2n) is 6.14. The molecule has 3 rings (SSSR count). The molecule has 0 aliphatic rings. The lowest BCUT2D eigenvalue weighted by molar-refractivity contribution is -0.137. The molecule has 3 aromatic rings.